The summed E-state index contributed by atoms with van der Waals surface area (Å²) in [4.78, 5) is 26.4. The third-order valence-electron chi connectivity index (χ3n) is 14.1. The minimum absolute atomic E-state index is 0.0202. The van der Waals surface area contributed by atoms with Gasteiger partial charge in [0.2, 0.25) is 0 Å². The Morgan fingerprint density at radius 2 is 1.71 bits per heavy atom. The molecule has 0 unspecified atom stereocenters. The SMILES string of the molecule is CO[C@H]1C[C@H](O[C@H]2CC[C@]3(C)[C@H]4CC[C@@]5(C)C(=O)[C@@]4(CC[C@@H]5C4=CC(=O)OC4)CC[C@]3(O)C2)O[C@H](C)[C@H]1O[C@@H]1O[C@H](CO)[C@@H](O)[C@H](O)[C@H]1O. The zero-order chi connectivity index (χ0) is 35.1. The highest BCUT2D eigenvalue weighted by Gasteiger charge is 2.71. The minimum atomic E-state index is -1.56. The maximum atomic E-state index is 14.6. The van der Waals surface area contributed by atoms with E-state index in [0.717, 1.165) is 37.7 Å². The van der Waals surface area contributed by atoms with Gasteiger partial charge in [-0.05, 0) is 75.7 Å². The van der Waals surface area contributed by atoms with Crippen LogP contribution in [-0.2, 0) is 38.0 Å². The predicted molar refractivity (Wildman–Crippen MR) is 169 cm³/mol. The third-order valence-corrected chi connectivity index (χ3v) is 14.1. The van der Waals surface area contributed by atoms with E-state index in [9.17, 15) is 35.1 Å². The van der Waals surface area contributed by atoms with Crippen LogP contribution in [0.4, 0.5) is 0 Å². The number of cyclic esters (lactones) is 1. The van der Waals surface area contributed by atoms with Crippen LogP contribution in [0.1, 0.15) is 85.0 Å². The van der Waals surface area contributed by atoms with Gasteiger partial charge in [-0.25, -0.2) is 4.79 Å². The van der Waals surface area contributed by atoms with Gasteiger partial charge in [-0.3, -0.25) is 4.79 Å². The van der Waals surface area contributed by atoms with E-state index in [1.165, 1.54) is 7.11 Å². The number of hydrogen-bond donors (Lipinski definition) is 5. The molecule has 3 heterocycles. The van der Waals surface area contributed by atoms with Crippen molar-refractivity contribution in [3.63, 3.8) is 0 Å². The summed E-state index contributed by atoms with van der Waals surface area (Å²) in [6, 6.07) is 0. The molecule has 16 atom stereocenters. The van der Waals surface area contributed by atoms with Crippen LogP contribution in [-0.4, -0.2) is 125 Å². The summed E-state index contributed by atoms with van der Waals surface area (Å²) in [7, 11) is 1.54. The summed E-state index contributed by atoms with van der Waals surface area (Å²) < 4.78 is 35.4. The van der Waals surface area contributed by atoms with Gasteiger partial charge in [-0.2, -0.15) is 0 Å². The number of ketones is 1. The van der Waals surface area contributed by atoms with Crippen LogP contribution in [0.3, 0.4) is 0 Å². The van der Waals surface area contributed by atoms with Gasteiger partial charge >= 0.3 is 5.97 Å². The second kappa shape index (κ2) is 12.9. The second-order valence-corrected chi connectivity index (χ2v) is 16.4. The number of rotatable bonds is 7. The van der Waals surface area contributed by atoms with Crippen molar-refractivity contribution in [1.29, 1.82) is 0 Å². The van der Waals surface area contributed by atoms with Gasteiger partial charge in [-0.15, -0.1) is 0 Å². The zero-order valence-electron chi connectivity index (χ0n) is 29.0. The molecule has 49 heavy (non-hydrogen) atoms. The second-order valence-electron chi connectivity index (χ2n) is 16.4. The first-order chi connectivity index (χ1) is 23.2. The number of aliphatic hydroxyl groups is 5. The number of esters is 1. The van der Waals surface area contributed by atoms with Crippen molar-refractivity contribution in [2.45, 2.75) is 152 Å². The molecule has 0 amide bonds. The molecule has 5 N–H and O–H groups in total. The summed E-state index contributed by atoms with van der Waals surface area (Å²) in [6.45, 7) is 5.78. The van der Waals surface area contributed by atoms with Crippen molar-refractivity contribution in [2.75, 3.05) is 20.3 Å². The van der Waals surface area contributed by atoms with Crippen LogP contribution in [0.25, 0.3) is 0 Å². The molecule has 1 spiro atoms. The molecule has 4 saturated carbocycles. The van der Waals surface area contributed by atoms with Gasteiger partial charge in [0.15, 0.2) is 12.6 Å². The summed E-state index contributed by atoms with van der Waals surface area (Å²) in [5, 5.41) is 52.9. The van der Waals surface area contributed by atoms with Crippen LogP contribution >= 0.6 is 0 Å². The Hall–Kier alpha value is -1.52. The first kappa shape index (κ1) is 35.9. The van der Waals surface area contributed by atoms with E-state index in [2.05, 4.69) is 13.8 Å². The van der Waals surface area contributed by atoms with Crippen LogP contribution in [0.15, 0.2) is 11.6 Å². The Morgan fingerprint density at radius 1 is 0.939 bits per heavy atom. The molecule has 13 heteroatoms. The van der Waals surface area contributed by atoms with E-state index in [0.29, 0.717) is 37.9 Å². The van der Waals surface area contributed by atoms with Crippen molar-refractivity contribution in [2.24, 2.45) is 28.1 Å². The summed E-state index contributed by atoms with van der Waals surface area (Å²) in [6.07, 6.45) is -1.56. The first-order valence-corrected chi connectivity index (χ1v) is 18.1. The normalized spacial score (nSPS) is 53.0. The number of Topliss-reactive ketones (excluding diaryl/α,β-unsaturated/α-hetero) is 1. The van der Waals surface area contributed by atoms with Crippen LogP contribution in [0, 0.1) is 28.1 Å². The van der Waals surface area contributed by atoms with E-state index in [1.807, 2.05) is 0 Å². The number of fused-ring (bicyclic) bond motifs is 3. The summed E-state index contributed by atoms with van der Waals surface area (Å²) in [5.74, 6) is 0.0824. The molecule has 7 aliphatic rings. The predicted octanol–water partition coefficient (Wildman–Crippen LogP) is 1.29. The number of ether oxygens (including phenoxy) is 6. The highest BCUT2D eigenvalue weighted by molar-refractivity contribution is 5.94. The highest BCUT2D eigenvalue weighted by atomic mass is 16.7. The van der Waals surface area contributed by atoms with Crippen LogP contribution in [0.5, 0.6) is 0 Å². The number of hydrogen-bond acceptors (Lipinski definition) is 13. The van der Waals surface area contributed by atoms with Crippen molar-refractivity contribution in [1.82, 2.24) is 0 Å². The van der Waals surface area contributed by atoms with Crippen LogP contribution in [0.2, 0.25) is 0 Å². The molecular weight excluding hydrogens is 640 g/mol. The molecule has 2 bridgehead atoms. The summed E-state index contributed by atoms with van der Waals surface area (Å²) >= 11 is 0. The maximum absolute atomic E-state index is 14.6. The van der Waals surface area contributed by atoms with Crippen molar-refractivity contribution < 1.29 is 63.5 Å². The maximum Gasteiger partial charge on any atom is 0.331 e. The number of carbonyl (C=O) groups is 2. The fraction of sp³-hybridized carbons (Fsp3) is 0.889. The molecule has 0 aromatic rings. The van der Waals surface area contributed by atoms with Crippen molar-refractivity contribution >= 4 is 11.8 Å². The third kappa shape index (κ3) is 5.57. The molecule has 2 saturated heterocycles. The fourth-order valence-corrected chi connectivity index (χ4v) is 11.3. The molecule has 6 fully saturated rings. The molecule has 276 valence electrons. The van der Waals surface area contributed by atoms with Gasteiger partial charge < -0.3 is 54.0 Å². The van der Waals surface area contributed by atoms with Gasteiger partial charge in [-0.1, -0.05) is 13.8 Å². The van der Waals surface area contributed by atoms with E-state index in [-0.39, 0.29) is 30.5 Å². The van der Waals surface area contributed by atoms with Gasteiger partial charge in [0.05, 0.1) is 30.5 Å². The van der Waals surface area contributed by atoms with E-state index in [1.54, 1.807) is 13.0 Å². The average Bonchev–Trinajstić information content (AvgIpc) is 3.49. The van der Waals surface area contributed by atoms with Crippen molar-refractivity contribution in [3.05, 3.63) is 11.6 Å². The molecule has 4 aliphatic carbocycles. The Kier molecular flexibility index (Phi) is 9.41. The van der Waals surface area contributed by atoms with E-state index >= 15 is 0 Å². The molecule has 0 radical (unpaired) electrons. The topological polar surface area (TPSA) is 191 Å². The molecule has 0 aromatic heterocycles. The molecular formula is C36H54O13. The van der Waals surface area contributed by atoms with E-state index < -0.39 is 83.8 Å². The first-order valence-electron chi connectivity index (χ1n) is 18.1. The quantitative estimate of drug-likeness (QED) is 0.190. The average molecular weight is 695 g/mol. The Balaban J connectivity index is 1.00. The molecule has 0 aromatic carbocycles. The lowest BCUT2D eigenvalue weighted by Gasteiger charge is -2.68. The number of methoxy groups -OCH3 is 1. The summed E-state index contributed by atoms with van der Waals surface area (Å²) in [5.41, 5.74) is -1.49. The molecule has 7 rings (SSSR count). The smallest absolute Gasteiger partial charge is 0.331 e. The molecule has 13 nitrogen and oxygen atoms in total. The lowest BCUT2D eigenvalue weighted by Crippen LogP contribution is -2.69. The van der Waals surface area contributed by atoms with E-state index in [4.69, 9.17) is 28.4 Å². The lowest BCUT2D eigenvalue weighted by molar-refractivity contribution is -0.347. The lowest BCUT2D eigenvalue weighted by atomic mass is 9.36. The Morgan fingerprint density at radius 3 is 2.41 bits per heavy atom. The number of carbonyl (C=O) groups excluding carboxylic acids is 2. The Labute approximate surface area is 287 Å². The van der Waals surface area contributed by atoms with Gasteiger partial charge in [0.25, 0.3) is 0 Å². The zero-order valence-corrected chi connectivity index (χ0v) is 29.0. The standard InChI is InChI=1S/C36H54O13/c1-18-30(49-31-29(41)28(40)27(39)23(16-37)48-31)22(44-4)14-26(46-18)47-20-5-9-34(3)24-7-8-33(2)21(19-13-25(38)45-17-19)6-10-35(24,32(33)42)11-12-36(34,43)15-20/h13,18,20-24,26-31,37,39-41,43H,5-12,14-17H2,1-4H3/t18-,20+,21-,22+,23-,24-,26+,27-,28+,29-,30-,31+,33-,34-,35+,36+/m1/s1. The van der Waals surface area contributed by atoms with Gasteiger partial charge in [0.1, 0.15) is 42.9 Å². The Bertz CT molecular complexity index is 1320. The molecule has 3 aliphatic heterocycles. The highest BCUT2D eigenvalue weighted by Crippen LogP contribution is 2.71. The number of aliphatic hydroxyl groups excluding tert-OH is 4. The van der Waals surface area contributed by atoms with Gasteiger partial charge in [0, 0.05) is 42.3 Å². The largest absolute Gasteiger partial charge is 0.458 e. The fourth-order valence-electron chi connectivity index (χ4n) is 11.3. The van der Waals surface area contributed by atoms with Crippen LogP contribution < -0.4 is 0 Å². The minimum Gasteiger partial charge on any atom is -0.458 e. The monoisotopic (exact) mass is 694 g/mol. The van der Waals surface area contributed by atoms with Crippen molar-refractivity contribution in [3.8, 4) is 0 Å².